The van der Waals surface area contributed by atoms with E-state index in [4.69, 9.17) is 9.47 Å². The number of carbonyl (C=O) groups excluding carboxylic acids is 1. The number of aromatic amines is 1. The predicted molar refractivity (Wildman–Crippen MR) is 138 cm³/mol. The smallest absolute Gasteiger partial charge is 0.322 e. The average Bonchev–Trinajstić information content (AvgIpc) is 2.88. The summed E-state index contributed by atoms with van der Waals surface area (Å²) in [6.45, 7) is 2.41. The molecule has 0 aliphatic rings. The van der Waals surface area contributed by atoms with Gasteiger partial charge in [-0.05, 0) is 78.9 Å². The highest BCUT2D eigenvalue weighted by atomic mass is 19.1. The van der Waals surface area contributed by atoms with E-state index in [-0.39, 0.29) is 12.1 Å². The third kappa shape index (κ3) is 5.83. The lowest BCUT2D eigenvalue weighted by molar-refractivity contribution is 0.209. The summed E-state index contributed by atoms with van der Waals surface area (Å²) in [7, 11) is 3.14. The minimum absolute atomic E-state index is 0.0968. The summed E-state index contributed by atoms with van der Waals surface area (Å²) < 4.78 is 24.0. The van der Waals surface area contributed by atoms with Crippen molar-refractivity contribution in [3.05, 3.63) is 99.6 Å². The molecule has 1 aromatic heterocycles. The van der Waals surface area contributed by atoms with Crippen LogP contribution in [-0.2, 0) is 13.0 Å². The number of aromatic nitrogens is 1. The van der Waals surface area contributed by atoms with E-state index in [0.29, 0.717) is 35.7 Å². The maximum atomic E-state index is 13.3. The van der Waals surface area contributed by atoms with Gasteiger partial charge in [0.15, 0.2) is 11.5 Å². The van der Waals surface area contributed by atoms with E-state index in [1.54, 1.807) is 19.1 Å². The Kier molecular flexibility index (Phi) is 7.53. The first kappa shape index (κ1) is 24.8. The van der Waals surface area contributed by atoms with Crippen molar-refractivity contribution in [2.75, 3.05) is 26.1 Å². The molecule has 2 amide bonds. The van der Waals surface area contributed by atoms with E-state index in [1.807, 2.05) is 49.4 Å². The number of hydrogen-bond acceptors (Lipinski definition) is 4. The third-order valence-corrected chi connectivity index (χ3v) is 5.94. The van der Waals surface area contributed by atoms with Crippen LogP contribution >= 0.6 is 0 Å². The largest absolute Gasteiger partial charge is 0.493 e. The third-order valence-electron chi connectivity index (χ3n) is 5.94. The summed E-state index contributed by atoms with van der Waals surface area (Å²) in [6, 6.07) is 18.3. The molecular formula is C28H28FN3O4. The van der Waals surface area contributed by atoms with Crippen molar-refractivity contribution in [2.45, 2.75) is 19.9 Å². The molecule has 36 heavy (non-hydrogen) atoms. The van der Waals surface area contributed by atoms with Crippen LogP contribution in [0.15, 0.2) is 71.5 Å². The normalized spacial score (nSPS) is 10.8. The molecule has 8 heteroatoms. The van der Waals surface area contributed by atoms with Crippen molar-refractivity contribution >= 4 is 22.6 Å². The molecule has 0 bridgehead atoms. The molecule has 0 atom stereocenters. The Bertz CT molecular complexity index is 1430. The Balaban J connectivity index is 1.60. The van der Waals surface area contributed by atoms with Gasteiger partial charge in [0.1, 0.15) is 5.82 Å². The number of halogens is 1. The lowest BCUT2D eigenvalue weighted by Gasteiger charge is -2.23. The highest BCUT2D eigenvalue weighted by Crippen LogP contribution is 2.28. The number of benzene rings is 3. The van der Waals surface area contributed by atoms with Crippen LogP contribution in [0.4, 0.5) is 14.9 Å². The van der Waals surface area contributed by atoms with Crippen LogP contribution in [0.25, 0.3) is 10.9 Å². The average molecular weight is 490 g/mol. The number of rotatable bonds is 8. The highest BCUT2D eigenvalue weighted by molar-refractivity contribution is 5.89. The lowest BCUT2D eigenvalue weighted by atomic mass is 10.1. The fourth-order valence-corrected chi connectivity index (χ4v) is 3.98. The van der Waals surface area contributed by atoms with E-state index in [2.05, 4.69) is 10.3 Å². The van der Waals surface area contributed by atoms with Crippen LogP contribution in [0.5, 0.6) is 11.5 Å². The summed E-state index contributed by atoms with van der Waals surface area (Å²) in [5.74, 6) is 0.820. The maximum absolute atomic E-state index is 13.3. The van der Waals surface area contributed by atoms with Gasteiger partial charge in [-0.15, -0.1) is 0 Å². The van der Waals surface area contributed by atoms with Crippen LogP contribution in [0.2, 0.25) is 0 Å². The second-order valence-electron chi connectivity index (χ2n) is 8.51. The Labute approximate surface area is 208 Å². The Hall–Kier alpha value is -4.33. The van der Waals surface area contributed by atoms with Crippen molar-refractivity contribution in [3.8, 4) is 11.5 Å². The minimum atomic E-state index is -0.397. The molecule has 0 saturated carbocycles. The van der Waals surface area contributed by atoms with Crippen molar-refractivity contribution in [1.82, 2.24) is 9.88 Å². The van der Waals surface area contributed by atoms with Crippen molar-refractivity contribution < 1.29 is 18.7 Å². The van der Waals surface area contributed by atoms with Gasteiger partial charge >= 0.3 is 6.03 Å². The second kappa shape index (κ2) is 10.9. The van der Waals surface area contributed by atoms with E-state index in [0.717, 1.165) is 22.0 Å². The van der Waals surface area contributed by atoms with Gasteiger partial charge in [0.25, 0.3) is 5.56 Å². The van der Waals surface area contributed by atoms with E-state index in [1.165, 1.54) is 24.3 Å². The van der Waals surface area contributed by atoms with Gasteiger partial charge in [-0.1, -0.05) is 17.7 Å². The first-order valence-corrected chi connectivity index (χ1v) is 11.5. The first-order chi connectivity index (χ1) is 17.4. The predicted octanol–water partition coefficient (Wildman–Crippen LogP) is 5.27. The van der Waals surface area contributed by atoms with Crippen LogP contribution in [0.3, 0.4) is 0 Å². The Morgan fingerprint density at radius 2 is 1.72 bits per heavy atom. The molecule has 1 heterocycles. The minimum Gasteiger partial charge on any atom is -0.493 e. The van der Waals surface area contributed by atoms with E-state index in [9.17, 15) is 14.0 Å². The fraction of sp³-hybridized carbons (Fsp3) is 0.214. The molecule has 2 N–H and O–H groups in total. The molecule has 0 aliphatic heterocycles. The summed E-state index contributed by atoms with van der Waals surface area (Å²) in [5.41, 5.74) is 3.42. The SMILES string of the molecule is COc1ccc(CCN(Cc2cc3cc(C)ccc3[nH]c2=O)C(=O)Nc2ccc(F)cc2)cc1OC. The molecular weight excluding hydrogens is 461 g/mol. The van der Waals surface area contributed by atoms with Gasteiger partial charge < -0.3 is 24.7 Å². The number of carbonyl (C=O) groups is 1. The Morgan fingerprint density at radius 3 is 2.44 bits per heavy atom. The zero-order valence-corrected chi connectivity index (χ0v) is 20.4. The standard InChI is InChI=1S/C28H28FN3O4/c1-18-4-10-24-20(14-18)16-21(27(33)31-24)17-32(28(34)30-23-8-6-22(29)7-9-23)13-12-19-5-11-25(35-2)26(15-19)36-3/h4-11,14-16H,12-13,17H2,1-3H3,(H,30,34)(H,31,33). The molecule has 4 rings (SSSR count). The van der Waals surface area contributed by atoms with Gasteiger partial charge in [0, 0.05) is 23.3 Å². The van der Waals surface area contributed by atoms with Gasteiger partial charge in [0.2, 0.25) is 0 Å². The molecule has 4 aromatic rings. The fourth-order valence-electron chi connectivity index (χ4n) is 3.98. The highest BCUT2D eigenvalue weighted by Gasteiger charge is 2.17. The number of nitrogens with one attached hydrogen (secondary N) is 2. The van der Waals surface area contributed by atoms with Crippen LogP contribution < -0.4 is 20.3 Å². The summed E-state index contributed by atoms with van der Waals surface area (Å²) in [6.07, 6.45) is 0.516. The van der Waals surface area contributed by atoms with Crippen molar-refractivity contribution in [3.63, 3.8) is 0 Å². The number of ether oxygens (including phenoxy) is 2. The van der Waals surface area contributed by atoms with E-state index >= 15 is 0 Å². The zero-order chi connectivity index (χ0) is 25.7. The van der Waals surface area contributed by atoms with Crippen LogP contribution in [-0.4, -0.2) is 36.7 Å². The molecule has 7 nitrogen and oxygen atoms in total. The zero-order valence-electron chi connectivity index (χ0n) is 20.4. The molecule has 0 unspecified atom stereocenters. The molecule has 0 aliphatic carbocycles. The quantitative estimate of drug-likeness (QED) is 0.353. The molecule has 3 aromatic carbocycles. The van der Waals surface area contributed by atoms with Crippen molar-refractivity contribution in [2.24, 2.45) is 0 Å². The number of nitrogens with zero attached hydrogens (tertiary/aromatic N) is 1. The number of H-pyrrole nitrogens is 1. The topological polar surface area (TPSA) is 83.7 Å². The van der Waals surface area contributed by atoms with Gasteiger partial charge in [-0.25, -0.2) is 9.18 Å². The number of fused-ring (bicyclic) bond motifs is 1. The molecule has 186 valence electrons. The number of anilines is 1. The molecule has 0 fully saturated rings. The summed E-state index contributed by atoms with van der Waals surface area (Å²) >= 11 is 0. The maximum Gasteiger partial charge on any atom is 0.322 e. The lowest BCUT2D eigenvalue weighted by Crippen LogP contribution is -2.37. The number of amides is 2. The number of pyridine rings is 1. The van der Waals surface area contributed by atoms with Crippen LogP contribution in [0.1, 0.15) is 16.7 Å². The second-order valence-corrected chi connectivity index (χ2v) is 8.51. The number of hydrogen-bond donors (Lipinski definition) is 2. The van der Waals surface area contributed by atoms with E-state index < -0.39 is 11.8 Å². The number of aryl methyl sites for hydroxylation is 1. The Morgan fingerprint density at radius 1 is 0.972 bits per heavy atom. The first-order valence-electron chi connectivity index (χ1n) is 11.5. The monoisotopic (exact) mass is 489 g/mol. The molecule has 0 radical (unpaired) electrons. The van der Waals surface area contributed by atoms with Gasteiger partial charge in [0.05, 0.1) is 20.8 Å². The number of methoxy groups -OCH3 is 2. The van der Waals surface area contributed by atoms with Gasteiger partial charge in [-0.2, -0.15) is 0 Å². The van der Waals surface area contributed by atoms with Crippen LogP contribution in [0, 0.1) is 12.7 Å². The summed E-state index contributed by atoms with van der Waals surface area (Å²) in [4.78, 5) is 30.5. The van der Waals surface area contributed by atoms with Gasteiger partial charge in [-0.3, -0.25) is 4.79 Å². The number of urea groups is 1. The molecule has 0 saturated heterocycles. The summed E-state index contributed by atoms with van der Waals surface area (Å²) in [5, 5.41) is 3.69. The van der Waals surface area contributed by atoms with Crippen molar-refractivity contribution in [1.29, 1.82) is 0 Å². The molecule has 0 spiro atoms.